The molecule has 0 fully saturated rings. The van der Waals surface area contributed by atoms with Gasteiger partial charge >= 0.3 is 0 Å². The molecule has 12 heteroatoms. The van der Waals surface area contributed by atoms with Crippen molar-refractivity contribution in [1.29, 1.82) is 0 Å². The second-order valence-electron chi connectivity index (χ2n) is 4.08. The lowest BCUT2D eigenvalue weighted by atomic mass is 10.5. The van der Waals surface area contributed by atoms with Crippen LogP contribution in [0, 0.1) is 0 Å². The van der Waals surface area contributed by atoms with E-state index in [0.717, 1.165) is 5.69 Å². The highest BCUT2D eigenvalue weighted by atomic mass is 35.5. The predicted octanol–water partition coefficient (Wildman–Crippen LogP) is -0.966. The van der Waals surface area contributed by atoms with Crippen molar-refractivity contribution in [3.8, 4) is 0 Å². The summed E-state index contributed by atoms with van der Waals surface area (Å²) in [7, 11) is 0.311. The Morgan fingerprint density at radius 1 is 1.09 bits per heavy atom. The molecule has 2 rings (SSSR count). The molecule has 0 saturated carbocycles. The number of alkyl halides is 1. The van der Waals surface area contributed by atoms with Crippen LogP contribution in [0.4, 0.5) is 0 Å². The second-order valence-corrected chi connectivity index (χ2v) is 6.38. The zero-order valence-corrected chi connectivity index (χ0v) is 14.4. The molecular formula is C10H17ClN6O3S2. The number of nitrogens with zero attached hydrogens (tertiary/aromatic N) is 4. The predicted molar refractivity (Wildman–Crippen MR) is 83.1 cm³/mol. The van der Waals surface area contributed by atoms with Crippen molar-refractivity contribution in [2.45, 2.75) is 22.5 Å². The molecule has 9 nitrogen and oxygen atoms in total. The van der Waals surface area contributed by atoms with Gasteiger partial charge in [-0.15, -0.1) is 11.6 Å². The number of hydrogen-bond donors (Lipinski definition) is 3. The smallest absolute Gasteiger partial charge is 0.164 e. The van der Waals surface area contributed by atoms with Crippen LogP contribution in [0.2, 0.25) is 0 Å². The van der Waals surface area contributed by atoms with Crippen LogP contribution in [-0.2, 0) is 48.6 Å². The SMILES string of the molecule is Cn1nc(S(N)=O)cc1CCl.Cn1nc(S(N)=O)cc1CO. The minimum atomic E-state index is -1.56. The van der Waals surface area contributed by atoms with Gasteiger partial charge < -0.3 is 5.11 Å². The third-order valence-corrected chi connectivity index (χ3v) is 4.12. The molecular weight excluding hydrogens is 352 g/mol. The van der Waals surface area contributed by atoms with Crippen molar-refractivity contribution < 1.29 is 13.5 Å². The Labute approximate surface area is 137 Å². The van der Waals surface area contributed by atoms with E-state index in [4.69, 9.17) is 27.0 Å². The molecule has 2 unspecified atom stereocenters. The summed E-state index contributed by atoms with van der Waals surface area (Å²) in [5.74, 6) is 0.348. The molecule has 124 valence electrons. The normalized spacial score (nSPS) is 13.4. The highest BCUT2D eigenvalue weighted by molar-refractivity contribution is 7.82. The Hall–Kier alpha value is -1.11. The number of aromatic nitrogens is 4. The molecule has 2 aromatic rings. The lowest BCUT2D eigenvalue weighted by Gasteiger charge is -1.92. The number of halogens is 1. The van der Waals surface area contributed by atoms with Crippen molar-refractivity contribution in [3.05, 3.63) is 23.5 Å². The monoisotopic (exact) mass is 368 g/mol. The maximum Gasteiger partial charge on any atom is 0.164 e. The van der Waals surface area contributed by atoms with Gasteiger partial charge in [0.15, 0.2) is 10.1 Å². The average Bonchev–Trinajstić information content (AvgIpc) is 3.02. The molecule has 2 atom stereocenters. The van der Waals surface area contributed by atoms with Crippen molar-refractivity contribution in [1.82, 2.24) is 19.6 Å². The highest BCUT2D eigenvalue weighted by Gasteiger charge is 2.07. The van der Waals surface area contributed by atoms with Crippen molar-refractivity contribution in [3.63, 3.8) is 0 Å². The lowest BCUT2D eigenvalue weighted by Crippen LogP contribution is -2.04. The standard InChI is InChI=1S/C5H8ClN3OS.C5H9N3O2S/c1-9-4(3-6)2-5(8-9)11(7)10;1-8-4(3-9)2-5(7-8)11(6)10/h2H,3,7H2,1H3;2,9H,3,6H2,1H3. The summed E-state index contributed by atoms with van der Waals surface area (Å²) in [6.07, 6.45) is 0. The van der Waals surface area contributed by atoms with E-state index in [9.17, 15) is 8.42 Å². The number of aryl methyl sites for hydroxylation is 2. The molecule has 0 aromatic carbocycles. The van der Waals surface area contributed by atoms with Crippen LogP contribution in [0.25, 0.3) is 0 Å². The molecule has 0 aliphatic heterocycles. The molecule has 0 bridgehead atoms. The molecule has 0 aliphatic rings. The number of aliphatic hydroxyl groups excluding tert-OH is 1. The average molecular weight is 369 g/mol. The van der Waals surface area contributed by atoms with E-state index >= 15 is 0 Å². The molecule has 0 spiro atoms. The first-order valence-corrected chi connectivity index (χ1v) is 8.81. The molecule has 0 saturated heterocycles. The van der Waals surface area contributed by atoms with Gasteiger partial charge in [0.05, 0.1) is 23.9 Å². The first-order valence-electron chi connectivity index (χ1n) is 5.85. The molecule has 2 aromatic heterocycles. The summed E-state index contributed by atoms with van der Waals surface area (Å²) in [5, 5.41) is 27.2. The van der Waals surface area contributed by atoms with Crippen LogP contribution in [0.15, 0.2) is 22.2 Å². The Kier molecular flexibility index (Phi) is 7.32. The van der Waals surface area contributed by atoms with Crippen LogP contribution >= 0.6 is 11.6 Å². The van der Waals surface area contributed by atoms with E-state index < -0.39 is 22.0 Å². The summed E-state index contributed by atoms with van der Waals surface area (Å²) in [6.45, 7) is -0.124. The van der Waals surface area contributed by atoms with Gasteiger partial charge in [0.25, 0.3) is 0 Å². The molecule has 22 heavy (non-hydrogen) atoms. The van der Waals surface area contributed by atoms with Gasteiger partial charge in [-0.1, -0.05) is 0 Å². The van der Waals surface area contributed by atoms with Crippen molar-refractivity contribution in [2.75, 3.05) is 0 Å². The Balaban J connectivity index is 0.000000220. The number of nitrogens with two attached hydrogens (primary N) is 2. The van der Waals surface area contributed by atoms with Crippen LogP contribution < -0.4 is 10.3 Å². The number of hydrogen-bond acceptors (Lipinski definition) is 5. The zero-order valence-electron chi connectivity index (χ0n) is 12.0. The fourth-order valence-electron chi connectivity index (χ4n) is 1.42. The van der Waals surface area contributed by atoms with Gasteiger partial charge in [-0.2, -0.15) is 10.2 Å². The van der Waals surface area contributed by atoms with Crippen LogP contribution in [0.1, 0.15) is 11.4 Å². The first-order chi connectivity index (χ1) is 10.3. The van der Waals surface area contributed by atoms with Gasteiger partial charge in [0.1, 0.15) is 22.0 Å². The molecule has 0 amide bonds. The van der Waals surface area contributed by atoms with Crippen LogP contribution in [0.5, 0.6) is 0 Å². The quantitative estimate of drug-likeness (QED) is 0.595. The second kappa shape index (κ2) is 8.50. The van der Waals surface area contributed by atoms with E-state index in [1.807, 2.05) is 0 Å². The van der Waals surface area contributed by atoms with Gasteiger partial charge in [-0.3, -0.25) is 9.36 Å². The number of rotatable bonds is 4. The fourth-order valence-corrected chi connectivity index (χ4v) is 2.58. The zero-order chi connectivity index (χ0) is 16.9. The Morgan fingerprint density at radius 3 is 1.73 bits per heavy atom. The molecule has 2 heterocycles. The number of aliphatic hydroxyl groups is 1. The topological polar surface area (TPSA) is 142 Å². The third-order valence-electron chi connectivity index (χ3n) is 2.62. The minimum absolute atomic E-state index is 0.124. The summed E-state index contributed by atoms with van der Waals surface area (Å²) >= 11 is 5.55. The van der Waals surface area contributed by atoms with Crippen molar-refractivity contribution in [2.24, 2.45) is 24.4 Å². The van der Waals surface area contributed by atoms with Crippen LogP contribution in [-0.4, -0.2) is 33.1 Å². The molecule has 5 N–H and O–H groups in total. The van der Waals surface area contributed by atoms with Gasteiger partial charge in [-0.05, 0) is 12.1 Å². The van der Waals surface area contributed by atoms with E-state index in [0.29, 0.717) is 16.6 Å². The maximum absolute atomic E-state index is 10.7. The largest absolute Gasteiger partial charge is 0.390 e. The molecule has 0 radical (unpaired) electrons. The van der Waals surface area contributed by atoms with E-state index in [1.54, 1.807) is 24.8 Å². The third kappa shape index (κ3) is 4.97. The van der Waals surface area contributed by atoms with Gasteiger partial charge in [-0.25, -0.2) is 18.7 Å². The van der Waals surface area contributed by atoms with Crippen LogP contribution in [0.3, 0.4) is 0 Å². The lowest BCUT2D eigenvalue weighted by molar-refractivity contribution is 0.270. The maximum atomic E-state index is 10.7. The molecule has 0 aliphatic carbocycles. The van der Waals surface area contributed by atoms with E-state index in [1.165, 1.54) is 10.7 Å². The summed E-state index contributed by atoms with van der Waals surface area (Å²) in [4.78, 5) is 0. The fraction of sp³-hybridized carbons (Fsp3) is 0.400. The van der Waals surface area contributed by atoms with E-state index in [2.05, 4.69) is 10.2 Å². The van der Waals surface area contributed by atoms with Gasteiger partial charge in [0, 0.05) is 14.1 Å². The van der Waals surface area contributed by atoms with Crippen molar-refractivity contribution >= 4 is 33.6 Å². The Morgan fingerprint density at radius 2 is 1.50 bits per heavy atom. The highest BCUT2D eigenvalue weighted by Crippen LogP contribution is 2.07. The summed E-state index contributed by atoms with van der Waals surface area (Å²) in [5.41, 5.74) is 1.40. The minimum Gasteiger partial charge on any atom is -0.390 e. The Bertz CT molecular complexity index is 628. The van der Waals surface area contributed by atoms with Gasteiger partial charge in [0.2, 0.25) is 0 Å². The van der Waals surface area contributed by atoms with E-state index in [-0.39, 0.29) is 11.6 Å². The summed E-state index contributed by atoms with van der Waals surface area (Å²) in [6, 6.07) is 3.14. The summed E-state index contributed by atoms with van der Waals surface area (Å²) < 4.78 is 24.4. The first kappa shape index (κ1) is 18.9.